The van der Waals surface area contributed by atoms with Gasteiger partial charge in [0.1, 0.15) is 6.54 Å². The van der Waals surface area contributed by atoms with Crippen LogP contribution in [0.1, 0.15) is 38.6 Å². The van der Waals surface area contributed by atoms with E-state index in [9.17, 15) is 4.79 Å². The number of rotatable bonds is 5. The van der Waals surface area contributed by atoms with Gasteiger partial charge >= 0.3 is 0 Å². The molecule has 1 aromatic heterocycles. The highest BCUT2D eigenvalue weighted by atomic mass is 16.2. The number of carbonyl (C=O) groups is 1. The van der Waals surface area contributed by atoms with Crippen molar-refractivity contribution in [2.24, 2.45) is 0 Å². The lowest BCUT2D eigenvalue weighted by molar-refractivity contribution is -0.121. The Morgan fingerprint density at radius 1 is 1.29 bits per heavy atom. The van der Waals surface area contributed by atoms with E-state index in [1.807, 2.05) is 44.5 Å². The summed E-state index contributed by atoms with van der Waals surface area (Å²) >= 11 is 0. The number of aryl methyl sites for hydroxylation is 2. The number of nitrogens with zero attached hydrogens (tertiary/aromatic N) is 1. The third kappa shape index (κ3) is 3.80. The Balaban J connectivity index is 2.49. The molecule has 1 aromatic rings. The van der Waals surface area contributed by atoms with E-state index < -0.39 is 0 Å². The number of carbonyl (C=O) groups excluding carboxylic acids is 1. The Morgan fingerprint density at radius 2 is 1.82 bits per heavy atom. The van der Waals surface area contributed by atoms with Crippen molar-refractivity contribution in [3.8, 4) is 0 Å². The van der Waals surface area contributed by atoms with Crippen LogP contribution in [0.2, 0.25) is 0 Å². The maximum atomic E-state index is 11.7. The first-order chi connectivity index (χ1) is 7.85. The quantitative estimate of drug-likeness (QED) is 0.822. The number of aromatic nitrogens is 1. The van der Waals surface area contributed by atoms with Gasteiger partial charge in [-0.3, -0.25) is 9.47 Å². The van der Waals surface area contributed by atoms with Crippen LogP contribution in [0.25, 0.3) is 0 Å². The maximum Gasteiger partial charge on any atom is 0.241 e. The second-order valence-corrected chi connectivity index (χ2v) is 5.07. The molecule has 0 fully saturated rings. The van der Waals surface area contributed by atoms with Gasteiger partial charge in [0, 0.05) is 16.9 Å². The highest BCUT2D eigenvalue weighted by Crippen LogP contribution is 2.06. The van der Waals surface area contributed by atoms with E-state index >= 15 is 0 Å². The molecule has 1 heterocycles. The predicted molar refractivity (Wildman–Crippen MR) is 70.6 cm³/mol. The molecule has 0 aliphatic rings. The fraction of sp³-hybridized carbons (Fsp3) is 0.615. The first-order valence-electron chi connectivity index (χ1n) is 6.05. The standard InChI is InChI=1S/C13H23N3O/c1-6-13(4,5)15-12(17)9-14-16-10(2)7-8-11(16)3/h7-8,14H,6,9H2,1-5H3,(H,15,17). The molecule has 0 bridgehead atoms. The van der Waals surface area contributed by atoms with Crippen molar-refractivity contribution in [3.63, 3.8) is 0 Å². The average molecular weight is 237 g/mol. The molecule has 2 N–H and O–H groups in total. The Hall–Kier alpha value is -1.45. The van der Waals surface area contributed by atoms with E-state index in [1.165, 1.54) is 0 Å². The zero-order chi connectivity index (χ0) is 13.1. The molecule has 0 saturated carbocycles. The molecule has 0 aliphatic heterocycles. The fourth-order valence-corrected chi connectivity index (χ4v) is 1.58. The van der Waals surface area contributed by atoms with E-state index in [1.54, 1.807) is 0 Å². The minimum absolute atomic E-state index is 0.0179. The van der Waals surface area contributed by atoms with Crippen molar-refractivity contribution in [1.29, 1.82) is 0 Å². The molecular weight excluding hydrogens is 214 g/mol. The molecule has 1 rings (SSSR count). The van der Waals surface area contributed by atoms with Gasteiger partial charge in [0.15, 0.2) is 0 Å². The zero-order valence-corrected chi connectivity index (χ0v) is 11.4. The van der Waals surface area contributed by atoms with Crippen molar-refractivity contribution in [1.82, 2.24) is 9.99 Å². The van der Waals surface area contributed by atoms with E-state index in [0.717, 1.165) is 17.8 Å². The summed E-state index contributed by atoms with van der Waals surface area (Å²) in [6, 6.07) is 4.05. The first-order valence-corrected chi connectivity index (χ1v) is 6.05. The molecule has 0 aromatic carbocycles. The van der Waals surface area contributed by atoms with Gasteiger partial charge in [-0.05, 0) is 46.2 Å². The Kier molecular flexibility index (Phi) is 4.21. The van der Waals surface area contributed by atoms with Crippen LogP contribution in [0.5, 0.6) is 0 Å². The monoisotopic (exact) mass is 237 g/mol. The predicted octanol–water partition coefficient (Wildman–Crippen LogP) is 1.95. The summed E-state index contributed by atoms with van der Waals surface area (Å²) in [7, 11) is 0. The molecule has 0 atom stereocenters. The molecule has 0 saturated heterocycles. The normalized spacial score (nSPS) is 11.4. The van der Waals surface area contributed by atoms with Crippen molar-refractivity contribution >= 4 is 5.91 Å². The van der Waals surface area contributed by atoms with Crippen LogP contribution >= 0.6 is 0 Å². The third-order valence-electron chi connectivity index (χ3n) is 3.03. The third-order valence-corrected chi connectivity index (χ3v) is 3.03. The van der Waals surface area contributed by atoms with Crippen LogP contribution < -0.4 is 10.7 Å². The Bertz CT molecular complexity index is 374. The lowest BCUT2D eigenvalue weighted by atomic mass is 10.0. The van der Waals surface area contributed by atoms with Crippen LogP contribution in [0.15, 0.2) is 12.1 Å². The van der Waals surface area contributed by atoms with Crippen molar-refractivity contribution in [2.45, 2.75) is 46.6 Å². The van der Waals surface area contributed by atoms with Gasteiger partial charge < -0.3 is 10.7 Å². The van der Waals surface area contributed by atoms with Crippen LogP contribution in [0, 0.1) is 13.8 Å². The van der Waals surface area contributed by atoms with Crippen LogP contribution in [0.3, 0.4) is 0 Å². The zero-order valence-electron chi connectivity index (χ0n) is 11.4. The number of hydrogen-bond acceptors (Lipinski definition) is 2. The van der Waals surface area contributed by atoms with E-state index in [-0.39, 0.29) is 11.4 Å². The molecule has 4 heteroatoms. The molecule has 0 unspecified atom stereocenters. The fourth-order valence-electron chi connectivity index (χ4n) is 1.58. The highest BCUT2D eigenvalue weighted by molar-refractivity contribution is 5.79. The van der Waals surface area contributed by atoms with Gasteiger partial charge in [-0.1, -0.05) is 6.92 Å². The summed E-state index contributed by atoms with van der Waals surface area (Å²) in [5.41, 5.74) is 5.18. The minimum Gasteiger partial charge on any atom is -0.350 e. The molecule has 0 radical (unpaired) electrons. The first kappa shape index (κ1) is 13.6. The largest absolute Gasteiger partial charge is 0.350 e. The van der Waals surface area contributed by atoms with Crippen molar-refractivity contribution < 1.29 is 4.79 Å². The molecule has 1 amide bonds. The lowest BCUT2D eigenvalue weighted by Crippen LogP contribution is -2.46. The number of hydrogen-bond donors (Lipinski definition) is 2. The summed E-state index contributed by atoms with van der Waals surface area (Å²) in [5, 5.41) is 2.99. The minimum atomic E-state index is -0.139. The summed E-state index contributed by atoms with van der Waals surface area (Å²) in [6.07, 6.45) is 0.917. The van der Waals surface area contributed by atoms with Gasteiger partial charge in [-0.2, -0.15) is 0 Å². The van der Waals surface area contributed by atoms with E-state index in [2.05, 4.69) is 17.7 Å². The van der Waals surface area contributed by atoms with Crippen molar-refractivity contribution in [2.75, 3.05) is 12.0 Å². The molecule has 96 valence electrons. The summed E-state index contributed by atoms with van der Waals surface area (Å²) in [4.78, 5) is 11.7. The molecule has 0 aliphatic carbocycles. The SMILES string of the molecule is CCC(C)(C)NC(=O)CNn1c(C)ccc1C. The van der Waals surface area contributed by atoms with Gasteiger partial charge in [-0.25, -0.2) is 0 Å². The number of nitrogens with one attached hydrogen (secondary N) is 2. The summed E-state index contributed by atoms with van der Waals surface area (Å²) in [5.74, 6) is 0.0179. The molecular formula is C13H23N3O. The second-order valence-electron chi connectivity index (χ2n) is 5.07. The molecule has 17 heavy (non-hydrogen) atoms. The number of amides is 1. The van der Waals surface area contributed by atoms with Gasteiger partial charge in [0.2, 0.25) is 5.91 Å². The smallest absolute Gasteiger partial charge is 0.241 e. The topological polar surface area (TPSA) is 46.1 Å². The van der Waals surface area contributed by atoms with Crippen LogP contribution in [-0.4, -0.2) is 22.7 Å². The van der Waals surface area contributed by atoms with E-state index in [0.29, 0.717) is 6.54 Å². The summed E-state index contributed by atoms with van der Waals surface area (Å²) in [6.45, 7) is 10.4. The van der Waals surface area contributed by atoms with E-state index in [4.69, 9.17) is 0 Å². The Labute approximate surface area is 103 Å². The summed E-state index contributed by atoms with van der Waals surface area (Å²) < 4.78 is 1.93. The van der Waals surface area contributed by atoms with Gasteiger partial charge in [0.25, 0.3) is 0 Å². The maximum absolute atomic E-state index is 11.7. The van der Waals surface area contributed by atoms with Gasteiger partial charge in [0.05, 0.1) is 0 Å². The Morgan fingerprint density at radius 3 is 2.29 bits per heavy atom. The van der Waals surface area contributed by atoms with Crippen molar-refractivity contribution in [3.05, 3.63) is 23.5 Å². The van der Waals surface area contributed by atoms with Crippen LogP contribution in [0.4, 0.5) is 0 Å². The van der Waals surface area contributed by atoms with Gasteiger partial charge in [-0.15, -0.1) is 0 Å². The molecule has 4 nitrogen and oxygen atoms in total. The lowest BCUT2D eigenvalue weighted by Gasteiger charge is -2.25. The molecule has 0 spiro atoms. The average Bonchev–Trinajstić information content (AvgIpc) is 2.55. The van der Waals surface area contributed by atoms with Crippen LogP contribution in [-0.2, 0) is 4.79 Å². The second kappa shape index (κ2) is 5.25. The highest BCUT2D eigenvalue weighted by Gasteiger charge is 2.17.